The molecule has 0 saturated carbocycles. The van der Waals surface area contributed by atoms with Gasteiger partial charge in [0.2, 0.25) is 0 Å². The van der Waals surface area contributed by atoms with Crippen LogP contribution >= 0.6 is 0 Å². The van der Waals surface area contributed by atoms with Crippen molar-refractivity contribution in [2.45, 2.75) is 6.04 Å². The summed E-state index contributed by atoms with van der Waals surface area (Å²) >= 11 is 0. The van der Waals surface area contributed by atoms with Crippen LogP contribution in [-0.4, -0.2) is 72.5 Å². The molecule has 8 heteroatoms. The first-order valence-electron chi connectivity index (χ1n) is 9.84. The van der Waals surface area contributed by atoms with E-state index in [0.717, 1.165) is 5.56 Å². The lowest BCUT2D eigenvalue weighted by Crippen LogP contribution is -2.43. The minimum atomic E-state index is -0.460. The summed E-state index contributed by atoms with van der Waals surface area (Å²) in [6, 6.07) is 10.4. The van der Waals surface area contributed by atoms with E-state index in [-0.39, 0.29) is 23.5 Å². The van der Waals surface area contributed by atoms with Crippen molar-refractivity contribution in [3.05, 3.63) is 59.4 Å². The van der Waals surface area contributed by atoms with Gasteiger partial charge in [0, 0.05) is 25.7 Å². The Bertz CT molecular complexity index is 994. The fraction of sp³-hybridized carbons (Fsp3) is 0.364. The average Bonchev–Trinajstić information content (AvgIpc) is 3.11. The van der Waals surface area contributed by atoms with Crippen molar-refractivity contribution in [3.63, 3.8) is 0 Å². The van der Waals surface area contributed by atoms with E-state index >= 15 is 0 Å². The van der Waals surface area contributed by atoms with E-state index in [1.54, 1.807) is 36.2 Å². The molecule has 4 rings (SSSR count). The van der Waals surface area contributed by atoms with Crippen LogP contribution < -0.4 is 4.74 Å². The lowest BCUT2D eigenvalue weighted by Gasteiger charge is -2.31. The molecule has 7 nitrogen and oxygen atoms in total. The zero-order valence-electron chi connectivity index (χ0n) is 17.2. The van der Waals surface area contributed by atoms with Gasteiger partial charge in [-0.1, -0.05) is 12.1 Å². The molecule has 2 aromatic rings. The van der Waals surface area contributed by atoms with E-state index in [1.807, 2.05) is 25.1 Å². The highest BCUT2D eigenvalue weighted by atomic mass is 19.1. The molecule has 2 heterocycles. The fourth-order valence-corrected chi connectivity index (χ4v) is 3.87. The molecule has 0 bridgehead atoms. The number of likely N-dealkylation sites (N-methyl/N-ethyl adjacent to an activating group) is 2. The number of phenols is 1. The van der Waals surface area contributed by atoms with Gasteiger partial charge in [0.15, 0.2) is 0 Å². The number of hydrogen-bond donors (Lipinski definition) is 1. The van der Waals surface area contributed by atoms with Gasteiger partial charge in [-0.2, -0.15) is 5.10 Å². The number of aromatic hydroxyl groups is 1. The van der Waals surface area contributed by atoms with Crippen LogP contribution in [0, 0.1) is 11.7 Å². The van der Waals surface area contributed by atoms with Crippen LogP contribution in [0.5, 0.6) is 11.5 Å². The van der Waals surface area contributed by atoms with Crippen molar-refractivity contribution in [3.8, 4) is 11.5 Å². The average molecular weight is 412 g/mol. The number of amides is 2. The van der Waals surface area contributed by atoms with Gasteiger partial charge in [0.25, 0.3) is 0 Å². The Labute approximate surface area is 175 Å². The summed E-state index contributed by atoms with van der Waals surface area (Å²) in [7, 11) is 5.63. The standard InChI is InChI=1S/C22H25FN4O3/c1-25(2)9-10-26(3)22(29)27-21(14-5-4-6-16(28)11-14)18-13-30-19-8-7-15(23)12-17(19)20(18)24-27/h4-8,11-12,18,21,28H,9-10,13H2,1-3H3. The van der Waals surface area contributed by atoms with Crippen LogP contribution in [0.1, 0.15) is 17.2 Å². The van der Waals surface area contributed by atoms with Crippen molar-refractivity contribution in [2.24, 2.45) is 11.0 Å². The molecule has 0 aliphatic carbocycles. The molecule has 158 valence electrons. The minimum Gasteiger partial charge on any atom is -0.508 e. The number of rotatable bonds is 4. The molecule has 0 fully saturated rings. The van der Waals surface area contributed by atoms with Crippen LogP contribution in [0.3, 0.4) is 0 Å². The highest BCUT2D eigenvalue weighted by molar-refractivity contribution is 6.07. The quantitative estimate of drug-likeness (QED) is 0.839. The Hall–Kier alpha value is -3.13. The molecule has 2 aliphatic heterocycles. The Morgan fingerprint density at radius 1 is 1.23 bits per heavy atom. The second kappa shape index (κ2) is 7.95. The van der Waals surface area contributed by atoms with Gasteiger partial charge in [-0.25, -0.2) is 14.2 Å². The zero-order chi connectivity index (χ0) is 21.4. The van der Waals surface area contributed by atoms with E-state index in [1.165, 1.54) is 17.1 Å². The minimum absolute atomic E-state index is 0.109. The summed E-state index contributed by atoms with van der Waals surface area (Å²) in [6.45, 7) is 1.55. The second-order valence-corrected chi connectivity index (χ2v) is 7.94. The largest absolute Gasteiger partial charge is 0.508 e. The first kappa shape index (κ1) is 20.2. The summed E-state index contributed by atoms with van der Waals surface area (Å²) in [4.78, 5) is 16.9. The molecule has 0 saturated heterocycles. The number of fused-ring (bicyclic) bond motifs is 3. The van der Waals surface area contributed by atoms with Crippen molar-refractivity contribution < 1.29 is 19.0 Å². The van der Waals surface area contributed by atoms with Gasteiger partial charge in [0.05, 0.1) is 24.3 Å². The van der Waals surface area contributed by atoms with Gasteiger partial charge in [-0.3, -0.25) is 0 Å². The van der Waals surface area contributed by atoms with Gasteiger partial charge < -0.3 is 19.6 Å². The third-order valence-corrected chi connectivity index (χ3v) is 5.46. The molecule has 2 unspecified atom stereocenters. The first-order chi connectivity index (χ1) is 14.3. The van der Waals surface area contributed by atoms with Gasteiger partial charge in [0.1, 0.15) is 17.3 Å². The number of phenolic OH excluding ortho intramolecular Hbond substituents is 1. The molecule has 2 amide bonds. The van der Waals surface area contributed by atoms with E-state index in [2.05, 4.69) is 5.10 Å². The number of nitrogens with zero attached hydrogens (tertiary/aromatic N) is 4. The third kappa shape index (κ3) is 3.70. The van der Waals surface area contributed by atoms with E-state index in [4.69, 9.17) is 4.74 Å². The van der Waals surface area contributed by atoms with Gasteiger partial charge >= 0.3 is 6.03 Å². The van der Waals surface area contributed by atoms with Crippen molar-refractivity contribution in [1.82, 2.24) is 14.8 Å². The van der Waals surface area contributed by atoms with Crippen LogP contribution in [-0.2, 0) is 0 Å². The summed E-state index contributed by atoms with van der Waals surface area (Å²) in [5.74, 6) is 0.00332. The predicted octanol–water partition coefficient (Wildman–Crippen LogP) is 2.91. The summed E-state index contributed by atoms with van der Waals surface area (Å²) in [5, 5.41) is 16.1. The number of benzene rings is 2. The number of hydrogen-bond acceptors (Lipinski definition) is 5. The molecule has 1 N–H and O–H groups in total. The number of hydrazone groups is 1. The number of ether oxygens (including phenoxy) is 1. The molecule has 0 aromatic heterocycles. The normalized spacial score (nSPS) is 19.8. The monoisotopic (exact) mass is 412 g/mol. The first-order valence-corrected chi connectivity index (χ1v) is 9.84. The van der Waals surface area contributed by atoms with Crippen LogP contribution in [0.4, 0.5) is 9.18 Å². The smallest absolute Gasteiger partial charge is 0.340 e. The number of carbonyl (C=O) groups is 1. The number of urea groups is 1. The summed E-state index contributed by atoms with van der Waals surface area (Å²) in [6.07, 6.45) is 0. The summed E-state index contributed by atoms with van der Waals surface area (Å²) < 4.78 is 19.8. The Morgan fingerprint density at radius 3 is 2.77 bits per heavy atom. The molecule has 2 aromatic carbocycles. The number of carbonyl (C=O) groups excluding carboxylic acids is 1. The van der Waals surface area contributed by atoms with Gasteiger partial charge in [-0.05, 0) is 50.0 Å². The van der Waals surface area contributed by atoms with Crippen molar-refractivity contribution in [2.75, 3.05) is 40.8 Å². The van der Waals surface area contributed by atoms with E-state index < -0.39 is 6.04 Å². The molecule has 2 atom stereocenters. The highest BCUT2D eigenvalue weighted by Gasteiger charge is 2.46. The SMILES string of the molecule is CN(C)CCN(C)C(=O)N1N=C2c3cc(F)ccc3OCC2C1c1cccc(O)c1. The lowest BCUT2D eigenvalue weighted by molar-refractivity contribution is 0.131. The maximum Gasteiger partial charge on any atom is 0.340 e. The second-order valence-electron chi connectivity index (χ2n) is 7.94. The third-order valence-electron chi connectivity index (χ3n) is 5.46. The molecule has 0 spiro atoms. The topological polar surface area (TPSA) is 68.6 Å². The number of halogens is 1. The Kier molecular flexibility index (Phi) is 5.34. The maximum absolute atomic E-state index is 13.9. The van der Waals surface area contributed by atoms with Crippen molar-refractivity contribution in [1.29, 1.82) is 0 Å². The zero-order valence-corrected chi connectivity index (χ0v) is 17.2. The van der Waals surface area contributed by atoms with E-state index in [9.17, 15) is 14.3 Å². The highest BCUT2D eigenvalue weighted by Crippen LogP contribution is 2.43. The predicted molar refractivity (Wildman–Crippen MR) is 111 cm³/mol. The molecule has 30 heavy (non-hydrogen) atoms. The van der Waals surface area contributed by atoms with Crippen LogP contribution in [0.2, 0.25) is 0 Å². The molecule has 0 radical (unpaired) electrons. The summed E-state index contributed by atoms with van der Waals surface area (Å²) in [5.41, 5.74) is 1.93. The molecular formula is C22H25FN4O3. The maximum atomic E-state index is 13.9. The van der Waals surface area contributed by atoms with E-state index in [0.29, 0.717) is 36.7 Å². The fourth-order valence-electron chi connectivity index (χ4n) is 3.87. The van der Waals surface area contributed by atoms with Crippen LogP contribution in [0.25, 0.3) is 0 Å². The molecule has 2 aliphatic rings. The van der Waals surface area contributed by atoms with Crippen LogP contribution in [0.15, 0.2) is 47.6 Å². The molecular weight excluding hydrogens is 387 g/mol. The van der Waals surface area contributed by atoms with Gasteiger partial charge in [-0.15, -0.1) is 0 Å². The Morgan fingerprint density at radius 2 is 2.03 bits per heavy atom. The lowest BCUT2D eigenvalue weighted by atomic mass is 9.86. The Balaban J connectivity index is 1.74. The van der Waals surface area contributed by atoms with Crippen molar-refractivity contribution >= 4 is 11.7 Å².